The number of carboxylic acid groups (broad SMARTS) is 1. The van der Waals surface area contributed by atoms with Crippen molar-refractivity contribution in [3.05, 3.63) is 28.5 Å². The van der Waals surface area contributed by atoms with Crippen LogP contribution in [0.2, 0.25) is 0 Å². The predicted molar refractivity (Wildman–Crippen MR) is 80.5 cm³/mol. The molecule has 2 N–H and O–H groups in total. The highest BCUT2D eigenvalue weighted by Crippen LogP contribution is 2.44. The molecule has 0 unspecified atom stereocenters. The van der Waals surface area contributed by atoms with Gasteiger partial charge in [-0.2, -0.15) is 0 Å². The second kappa shape index (κ2) is 6.56. The third-order valence-electron chi connectivity index (χ3n) is 3.93. The fourth-order valence-electron chi connectivity index (χ4n) is 2.98. The summed E-state index contributed by atoms with van der Waals surface area (Å²) in [6, 6.07) is 4.24. The maximum atomic E-state index is 13.1. The van der Waals surface area contributed by atoms with Crippen LogP contribution in [0, 0.1) is 11.2 Å². The van der Waals surface area contributed by atoms with Gasteiger partial charge in [-0.15, -0.1) is 0 Å². The summed E-state index contributed by atoms with van der Waals surface area (Å²) < 4.78 is 13.4. The number of carboxylic acids is 1. The van der Waals surface area contributed by atoms with Gasteiger partial charge >= 0.3 is 5.97 Å². The van der Waals surface area contributed by atoms with Gasteiger partial charge in [-0.05, 0) is 52.4 Å². The first-order chi connectivity index (χ1) is 9.90. The highest BCUT2D eigenvalue weighted by atomic mass is 79.9. The van der Waals surface area contributed by atoms with Gasteiger partial charge in [-0.1, -0.05) is 12.8 Å². The van der Waals surface area contributed by atoms with Gasteiger partial charge in [0.25, 0.3) is 0 Å². The van der Waals surface area contributed by atoms with E-state index in [9.17, 15) is 14.0 Å². The van der Waals surface area contributed by atoms with E-state index >= 15 is 0 Å². The summed E-state index contributed by atoms with van der Waals surface area (Å²) in [7, 11) is 0. The van der Waals surface area contributed by atoms with Crippen molar-refractivity contribution in [2.45, 2.75) is 38.5 Å². The van der Waals surface area contributed by atoms with Gasteiger partial charge in [0.2, 0.25) is 5.91 Å². The molecule has 0 saturated heterocycles. The molecule has 0 spiro atoms. The number of anilines is 1. The van der Waals surface area contributed by atoms with Crippen molar-refractivity contribution in [2.75, 3.05) is 5.32 Å². The zero-order chi connectivity index (χ0) is 15.5. The summed E-state index contributed by atoms with van der Waals surface area (Å²) in [5.74, 6) is -1.49. The Morgan fingerprint density at radius 1 is 1.29 bits per heavy atom. The zero-order valence-corrected chi connectivity index (χ0v) is 13.1. The predicted octanol–water partition coefficient (Wildman–Crippen LogP) is 3.95. The molecule has 1 amide bonds. The van der Waals surface area contributed by atoms with Crippen molar-refractivity contribution in [1.29, 1.82) is 0 Å². The molecule has 21 heavy (non-hydrogen) atoms. The molecule has 1 aromatic rings. The van der Waals surface area contributed by atoms with E-state index in [2.05, 4.69) is 21.2 Å². The number of hydrogen-bond donors (Lipinski definition) is 2. The normalized spacial score (nSPS) is 16.7. The Hall–Kier alpha value is -1.43. The minimum atomic E-state index is -0.866. The number of hydrogen-bond acceptors (Lipinski definition) is 2. The number of benzene rings is 1. The van der Waals surface area contributed by atoms with Crippen LogP contribution in [-0.2, 0) is 9.59 Å². The molecular weight excluding hydrogens is 341 g/mol. The van der Waals surface area contributed by atoms with Crippen molar-refractivity contribution in [3.8, 4) is 0 Å². The summed E-state index contributed by atoms with van der Waals surface area (Å²) in [4.78, 5) is 23.1. The first-order valence-electron chi connectivity index (χ1n) is 6.87. The van der Waals surface area contributed by atoms with Crippen LogP contribution >= 0.6 is 15.9 Å². The molecule has 1 fully saturated rings. The van der Waals surface area contributed by atoms with E-state index in [1.807, 2.05) is 0 Å². The van der Waals surface area contributed by atoms with Gasteiger partial charge in [-0.3, -0.25) is 9.59 Å². The number of carbonyl (C=O) groups is 2. The van der Waals surface area contributed by atoms with Crippen molar-refractivity contribution in [3.63, 3.8) is 0 Å². The van der Waals surface area contributed by atoms with Crippen LogP contribution < -0.4 is 5.32 Å². The summed E-state index contributed by atoms with van der Waals surface area (Å²) in [6.45, 7) is 0. The molecule has 114 valence electrons. The SMILES string of the molecule is O=C(O)CC1(CC(=O)Nc2ccc(F)c(Br)c2)CCCC1. The second-order valence-corrected chi connectivity index (χ2v) is 6.49. The molecule has 6 heteroatoms. The molecule has 1 aliphatic carbocycles. The molecule has 0 heterocycles. The topological polar surface area (TPSA) is 66.4 Å². The smallest absolute Gasteiger partial charge is 0.303 e. The lowest BCUT2D eigenvalue weighted by Crippen LogP contribution is -2.27. The van der Waals surface area contributed by atoms with E-state index in [1.165, 1.54) is 18.2 Å². The molecule has 0 radical (unpaired) electrons. The molecule has 0 bridgehead atoms. The standard InChI is InChI=1S/C15H17BrFNO3/c16-11-7-10(3-4-12(11)17)18-13(19)8-15(9-14(20)21)5-1-2-6-15/h3-4,7H,1-2,5-6,8-9H2,(H,18,19)(H,20,21). The van der Waals surface area contributed by atoms with Crippen molar-refractivity contribution >= 4 is 33.5 Å². The van der Waals surface area contributed by atoms with Crippen LogP contribution in [0.25, 0.3) is 0 Å². The largest absolute Gasteiger partial charge is 0.481 e. The average molecular weight is 358 g/mol. The Balaban J connectivity index is 2.02. The summed E-state index contributed by atoms with van der Waals surface area (Å²) in [6.07, 6.45) is 3.66. The van der Waals surface area contributed by atoms with E-state index in [4.69, 9.17) is 5.11 Å². The summed E-state index contributed by atoms with van der Waals surface area (Å²) in [5, 5.41) is 11.7. The number of aliphatic carboxylic acids is 1. The van der Waals surface area contributed by atoms with Crippen molar-refractivity contribution < 1.29 is 19.1 Å². The fraction of sp³-hybridized carbons (Fsp3) is 0.467. The van der Waals surface area contributed by atoms with Crippen LogP contribution in [-0.4, -0.2) is 17.0 Å². The van der Waals surface area contributed by atoms with Gasteiger partial charge in [0.1, 0.15) is 5.82 Å². The Kier molecular flexibility index (Phi) is 4.98. The van der Waals surface area contributed by atoms with E-state index < -0.39 is 17.2 Å². The van der Waals surface area contributed by atoms with Crippen molar-refractivity contribution in [1.82, 2.24) is 0 Å². The monoisotopic (exact) mass is 357 g/mol. The third kappa shape index (κ3) is 4.27. The Bertz CT molecular complexity index is 556. The Morgan fingerprint density at radius 3 is 2.52 bits per heavy atom. The molecular formula is C15H17BrFNO3. The molecule has 2 rings (SSSR count). The number of rotatable bonds is 5. The van der Waals surface area contributed by atoms with Crippen LogP contribution in [0.1, 0.15) is 38.5 Å². The third-order valence-corrected chi connectivity index (χ3v) is 4.54. The Morgan fingerprint density at radius 2 is 1.95 bits per heavy atom. The minimum Gasteiger partial charge on any atom is -0.481 e. The summed E-state index contributed by atoms with van der Waals surface area (Å²) in [5.41, 5.74) is 0.0597. The number of nitrogens with one attached hydrogen (secondary N) is 1. The summed E-state index contributed by atoms with van der Waals surface area (Å²) >= 11 is 3.06. The second-order valence-electron chi connectivity index (χ2n) is 5.63. The van der Waals surface area contributed by atoms with Crippen LogP contribution in [0.4, 0.5) is 10.1 Å². The molecule has 0 aromatic heterocycles. The number of amides is 1. The highest BCUT2D eigenvalue weighted by Gasteiger charge is 2.37. The van der Waals surface area contributed by atoms with Gasteiger partial charge < -0.3 is 10.4 Å². The molecule has 4 nitrogen and oxygen atoms in total. The maximum absolute atomic E-state index is 13.1. The first kappa shape index (κ1) is 15.9. The zero-order valence-electron chi connectivity index (χ0n) is 11.5. The molecule has 1 aromatic carbocycles. The van der Waals surface area contributed by atoms with E-state index in [0.717, 1.165) is 25.7 Å². The molecule has 1 aliphatic rings. The van der Waals surface area contributed by atoms with Crippen LogP contribution in [0.15, 0.2) is 22.7 Å². The Labute approximate surface area is 130 Å². The molecule has 1 saturated carbocycles. The lowest BCUT2D eigenvalue weighted by Gasteiger charge is -2.26. The van der Waals surface area contributed by atoms with Gasteiger partial charge in [0.05, 0.1) is 10.9 Å². The lowest BCUT2D eigenvalue weighted by molar-refractivity contribution is -0.140. The van der Waals surface area contributed by atoms with Gasteiger partial charge in [0.15, 0.2) is 0 Å². The van der Waals surface area contributed by atoms with Crippen molar-refractivity contribution in [2.24, 2.45) is 5.41 Å². The molecule has 0 atom stereocenters. The highest BCUT2D eigenvalue weighted by molar-refractivity contribution is 9.10. The van der Waals surface area contributed by atoms with Gasteiger partial charge in [0, 0.05) is 12.1 Å². The lowest BCUT2D eigenvalue weighted by atomic mass is 9.79. The average Bonchev–Trinajstić information content (AvgIpc) is 2.80. The minimum absolute atomic E-state index is 0.0214. The number of halogens is 2. The maximum Gasteiger partial charge on any atom is 0.303 e. The number of carbonyl (C=O) groups excluding carboxylic acids is 1. The first-order valence-corrected chi connectivity index (χ1v) is 7.66. The van der Waals surface area contributed by atoms with E-state index in [-0.39, 0.29) is 23.2 Å². The fourth-order valence-corrected chi connectivity index (χ4v) is 3.36. The van der Waals surface area contributed by atoms with E-state index in [1.54, 1.807) is 0 Å². The molecule has 0 aliphatic heterocycles. The van der Waals surface area contributed by atoms with Crippen LogP contribution in [0.3, 0.4) is 0 Å². The van der Waals surface area contributed by atoms with E-state index in [0.29, 0.717) is 5.69 Å². The van der Waals surface area contributed by atoms with Gasteiger partial charge in [-0.25, -0.2) is 4.39 Å². The van der Waals surface area contributed by atoms with Crippen LogP contribution in [0.5, 0.6) is 0 Å². The quantitative estimate of drug-likeness (QED) is 0.838.